The van der Waals surface area contributed by atoms with Crippen LogP contribution in [0.3, 0.4) is 0 Å². The van der Waals surface area contributed by atoms with Crippen LogP contribution in [0.1, 0.15) is 62.2 Å². The Labute approximate surface area is 126 Å². The van der Waals surface area contributed by atoms with E-state index in [-0.39, 0.29) is 0 Å². The van der Waals surface area contributed by atoms with E-state index >= 15 is 0 Å². The number of benzene rings is 1. The van der Waals surface area contributed by atoms with Gasteiger partial charge in [0, 0.05) is 10.7 Å². The number of carbonyl (C=O) groups is 1. The average Bonchev–Trinajstić information content (AvgIpc) is 2.44. The van der Waals surface area contributed by atoms with Crippen LogP contribution in [0.15, 0.2) is 18.2 Å². The molecule has 0 aromatic heterocycles. The van der Waals surface area contributed by atoms with Gasteiger partial charge in [-0.15, -0.1) is 0 Å². The number of carbonyl (C=O) groups excluding carboxylic acids is 1. The van der Waals surface area contributed by atoms with Crippen LogP contribution in [-0.2, 0) is 4.74 Å². The van der Waals surface area contributed by atoms with Crippen molar-refractivity contribution in [1.82, 2.24) is 0 Å². The molecule has 0 atom stereocenters. The third kappa shape index (κ3) is 6.29. The SMILES string of the molecule is CCCCCCCCCOC(=O)c1cc(Cl)ccc1N. The molecule has 0 aliphatic carbocycles. The number of anilines is 1. The second-order valence-corrected chi connectivity index (χ2v) is 5.43. The molecule has 4 heteroatoms. The van der Waals surface area contributed by atoms with Crippen molar-refractivity contribution in [1.29, 1.82) is 0 Å². The van der Waals surface area contributed by atoms with Crippen LogP contribution in [0.4, 0.5) is 5.69 Å². The summed E-state index contributed by atoms with van der Waals surface area (Å²) in [5.74, 6) is -0.393. The Hall–Kier alpha value is -1.22. The van der Waals surface area contributed by atoms with Crippen LogP contribution in [0.5, 0.6) is 0 Å². The summed E-state index contributed by atoms with van der Waals surface area (Å²) in [7, 11) is 0. The van der Waals surface area contributed by atoms with Crippen molar-refractivity contribution < 1.29 is 9.53 Å². The summed E-state index contributed by atoms with van der Waals surface area (Å²) in [6, 6.07) is 4.82. The first-order chi connectivity index (χ1) is 9.65. The van der Waals surface area contributed by atoms with Gasteiger partial charge in [0.2, 0.25) is 0 Å². The van der Waals surface area contributed by atoms with Gasteiger partial charge in [0.25, 0.3) is 0 Å². The lowest BCUT2D eigenvalue weighted by Gasteiger charge is -2.07. The minimum Gasteiger partial charge on any atom is -0.462 e. The molecule has 0 heterocycles. The molecule has 1 rings (SSSR count). The third-order valence-electron chi connectivity index (χ3n) is 3.22. The summed E-state index contributed by atoms with van der Waals surface area (Å²) in [5, 5.41) is 0.488. The van der Waals surface area contributed by atoms with Crippen LogP contribution in [0.2, 0.25) is 5.02 Å². The van der Waals surface area contributed by atoms with Gasteiger partial charge in [0.05, 0.1) is 12.2 Å². The van der Waals surface area contributed by atoms with E-state index in [1.807, 2.05) is 0 Å². The molecule has 112 valence electrons. The second kappa shape index (κ2) is 9.65. The van der Waals surface area contributed by atoms with Gasteiger partial charge >= 0.3 is 5.97 Å². The van der Waals surface area contributed by atoms with Crippen molar-refractivity contribution in [2.45, 2.75) is 51.9 Å². The summed E-state index contributed by atoms with van der Waals surface area (Å²) in [6.45, 7) is 2.65. The lowest BCUT2D eigenvalue weighted by molar-refractivity contribution is 0.0499. The standard InChI is InChI=1S/C16H24ClNO2/c1-2-3-4-5-6-7-8-11-20-16(19)14-12-13(17)9-10-15(14)18/h9-10,12H,2-8,11,18H2,1H3. The quantitative estimate of drug-likeness (QED) is 0.403. The molecule has 1 aromatic carbocycles. The highest BCUT2D eigenvalue weighted by Crippen LogP contribution is 2.19. The zero-order chi connectivity index (χ0) is 14.8. The molecule has 0 saturated heterocycles. The first-order valence-corrected chi connectivity index (χ1v) is 7.75. The Bertz CT molecular complexity index is 421. The molecule has 0 unspecified atom stereocenters. The molecule has 3 nitrogen and oxygen atoms in total. The Morgan fingerprint density at radius 1 is 1.15 bits per heavy atom. The smallest absolute Gasteiger partial charge is 0.340 e. The predicted molar refractivity (Wildman–Crippen MR) is 84.1 cm³/mol. The maximum atomic E-state index is 11.8. The fourth-order valence-corrected chi connectivity index (χ4v) is 2.18. The summed E-state index contributed by atoms with van der Waals surface area (Å²) in [5.41, 5.74) is 6.48. The normalized spacial score (nSPS) is 10.5. The van der Waals surface area contributed by atoms with Crippen molar-refractivity contribution in [3.05, 3.63) is 28.8 Å². The number of hydrogen-bond acceptors (Lipinski definition) is 3. The highest BCUT2D eigenvalue weighted by Gasteiger charge is 2.11. The topological polar surface area (TPSA) is 52.3 Å². The van der Waals surface area contributed by atoms with Crippen molar-refractivity contribution in [2.75, 3.05) is 12.3 Å². The lowest BCUT2D eigenvalue weighted by atomic mass is 10.1. The van der Waals surface area contributed by atoms with Crippen molar-refractivity contribution in [3.8, 4) is 0 Å². The van der Waals surface area contributed by atoms with E-state index in [0.29, 0.717) is 22.9 Å². The zero-order valence-electron chi connectivity index (χ0n) is 12.2. The number of ether oxygens (including phenoxy) is 1. The number of esters is 1. The molecule has 2 N–H and O–H groups in total. The van der Waals surface area contributed by atoms with E-state index in [0.717, 1.165) is 12.8 Å². The van der Waals surface area contributed by atoms with Gasteiger partial charge in [-0.05, 0) is 24.6 Å². The average molecular weight is 298 g/mol. The van der Waals surface area contributed by atoms with Crippen LogP contribution in [0.25, 0.3) is 0 Å². The molecule has 0 amide bonds. The third-order valence-corrected chi connectivity index (χ3v) is 3.45. The van der Waals surface area contributed by atoms with Crippen molar-refractivity contribution >= 4 is 23.3 Å². The van der Waals surface area contributed by atoms with E-state index < -0.39 is 5.97 Å². The molecule has 0 bridgehead atoms. The van der Waals surface area contributed by atoms with E-state index in [1.54, 1.807) is 18.2 Å². The number of halogens is 1. The largest absolute Gasteiger partial charge is 0.462 e. The van der Waals surface area contributed by atoms with Crippen LogP contribution in [0, 0.1) is 0 Å². The van der Waals surface area contributed by atoms with Gasteiger partial charge in [-0.3, -0.25) is 0 Å². The van der Waals surface area contributed by atoms with Gasteiger partial charge in [0.15, 0.2) is 0 Å². The Morgan fingerprint density at radius 2 is 1.80 bits per heavy atom. The Balaban J connectivity index is 2.18. The van der Waals surface area contributed by atoms with E-state index in [9.17, 15) is 4.79 Å². The number of nitrogen functional groups attached to an aromatic ring is 1. The number of unbranched alkanes of at least 4 members (excludes halogenated alkanes) is 6. The second-order valence-electron chi connectivity index (χ2n) is 4.99. The lowest BCUT2D eigenvalue weighted by Crippen LogP contribution is -2.09. The molecule has 0 aliphatic rings. The predicted octanol–water partition coefficient (Wildman–Crippen LogP) is 4.83. The van der Waals surface area contributed by atoms with E-state index in [4.69, 9.17) is 22.1 Å². The molecule has 0 saturated carbocycles. The highest BCUT2D eigenvalue weighted by atomic mass is 35.5. The van der Waals surface area contributed by atoms with Crippen molar-refractivity contribution in [3.63, 3.8) is 0 Å². The van der Waals surface area contributed by atoms with Gasteiger partial charge in [-0.2, -0.15) is 0 Å². The highest BCUT2D eigenvalue weighted by molar-refractivity contribution is 6.31. The molecule has 20 heavy (non-hydrogen) atoms. The molecule has 0 radical (unpaired) electrons. The van der Waals surface area contributed by atoms with Gasteiger partial charge < -0.3 is 10.5 Å². The first kappa shape index (κ1) is 16.8. The summed E-state index contributed by atoms with van der Waals surface area (Å²) in [4.78, 5) is 11.8. The monoisotopic (exact) mass is 297 g/mol. The van der Waals surface area contributed by atoms with Crippen LogP contribution < -0.4 is 5.73 Å². The fraction of sp³-hybridized carbons (Fsp3) is 0.562. The first-order valence-electron chi connectivity index (χ1n) is 7.37. The van der Waals surface area contributed by atoms with Gasteiger partial charge in [-0.25, -0.2) is 4.79 Å². The summed E-state index contributed by atoms with van der Waals surface area (Å²) in [6.07, 6.45) is 8.34. The molecule has 0 fully saturated rings. The van der Waals surface area contributed by atoms with Crippen LogP contribution in [-0.4, -0.2) is 12.6 Å². The molecular formula is C16H24ClNO2. The Morgan fingerprint density at radius 3 is 2.50 bits per heavy atom. The number of hydrogen-bond donors (Lipinski definition) is 1. The zero-order valence-corrected chi connectivity index (χ0v) is 12.9. The number of nitrogens with two attached hydrogens (primary N) is 1. The molecular weight excluding hydrogens is 274 g/mol. The Kier molecular flexibility index (Phi) is 8.12. The summed E-state index contributed by atoms with van der Waals surface area (Å²) < 4.78 is 5.21. The van der Waals surface area contributed by atoms with E-state index in [1.165, 1.54) is 32.1 Å². The van der Waals surface area contributed by atoms with Gasteiger partial charge in [-0.1, -0.05) is 57.0 Å². The fourth-order valence-electron chi connectivity index (χ4n) is 2.01. The maximum Gasteiger partial charge on any atom is 0.340 e. The number of rotatable bonds is 9. The van der Waals surface area contributed by atoms with Gasteiger partial charge in [0.1, 0.15) is 0 Å². The molecule has 0 spiro atoms. The minimum absolute atomic E-state index is 0.348. The molecule has 0 aliphatic heterocycles. The molecule has 1 aromatic rings. The maximum absolute atomic E-state index is 11.8. The minimum atomic E-state index is -0.393. The van der Waals surface area contributed by atoms with Crippen LogP contribution >= 0.6 is 11.6 Å². The van der Waals surface area contributed by atoms with Crippen molar-refractivity contribution in [2.24, 2.45) is 0 Å². The summed E-state index contributed by atoms with van der Waals surface area (Å²) >= 11 is 5.84. The van der Waals surface area contributed by atoms with E-state index in [2.05, 4.69) is 6.92 Å².